The van der Waals surface area contributed by atoms with Gasteiger partial charge in [-0.15, -0.1) is 0 Å². The number of benzene rings is 7. The number of aromatic nitrogens is 3. The fourth-order valence-corrected chi connectivity index (χ4v) is 10.6. The van der Waals surface area contributed by atoms with Crippen molar-refractivity contribution >= 4 is 78.3 Å². The van der Waals surface area contributed by atoms with Crippen LogP contribution in [0.1, 0.15) is 41.7 Å². The lowest BCUT2D eigenvalue weighted by Crippen LogP contribution is -2.34. The highest BCUT2D eigenvalue weighted by atomic mass is 16.5. The molecule has 0 spiro atoms. The van der Waals surface area contributed by atoms with Crippen molar-refractivity contribution in [1.29, 1.82) is 0 Å². The smallest absolute Gasteiger partial charge is 0.147 e. The van der Waals surface area contributed by atoms with E-state index in [9.17, 15) is 0 Å². The summed E-state index contributed by atoms with van der Waals surface area (Å²) in [4.78, 5) is 17.4. The van der Waals surface area contributed by atoms with Gasteiger partial charge >= 0.3 is 0 Å². The van der Waals surface area contributed by atoms with E-state index in [0.717, 1.165) is 78.4 Å². The zero-order valence-corrected chi connectivity index (χ0v) is 35.4. The maximum absolute atomic E-state index is 7.16. The number of aryl methyl sites for hydroxylation is 3. The van der Waals surface area contributed by atoms with Crippen molar-refractivity contribution in [3.63, 3.8) is 0 Å². The summed E-state index contributed by atoms with van der Waals surface area (Å²) < 4.78 is 9.34. The van der Waals surface area contributed by atoms with Gasteiger partial charge in [-0.2, -0.15) is 0 Å². The number of pyridine rings is 2. The van der Waals surface area contributed by atoms with Gasteiger partial charge in [-0.1, -0.05) is 92.2 Å². The third kappa shape index (κ3) is 5.30. The van der Waals surface area contributed by atoms with Crippen LogP contribution in [0.4, 0.5) is 39.8 Å². The largest absolute Gasteiger partial charge is 0.457 e. The molecule has 62 heavy (non-hydrogen) atoms. The molecule has 2 aliphatic heterocycles. The molecule has 7 nitrogen and oxygen atoms in total. The molecule has 12 rings (SSSR count). The number of hydrogen-bond acceptors (Lipinski definition) is 6. The van der Waals surface area contributed by atoms with E-state index >= 15 is 0 Å². The topological polar surface area (TPSA) is 49.1 Å². The summed E-state index contributed by atoms with van der Waals surface area (Å²) >= 11 is 0. The maximum atomic E-state index is 7.16. The molecule has 0 aliphatic carbocycles. The summed E-state index contributed by atoms with van der Waals surface area (Å²) in [7, 11) is 0. The molecule has 0 saturated heterocycles. The highest BCUT2D eigenvalue weighted by Gasteiger charge is 2.42. The monoisotopic (exact) mass is 804 g/mol. The molecule has 5 heterocycles. The first-order valence-electron chi connectivity index (χ1n) is 21.4. The van der Waals surface area contributed by atoms with Crippen LogP contribution in [0.3, 0.4) is 0 Å². The first-order chi connectivity index (χ1) is 30.2. The van der Waals surface area contributed by atoms with Gasteiger partial charge in [-0.3, -0.25) is 4.40 Å². The Bertz CT molecular complexity index is 3440. The number of anilines is 7. The van der Waals surface area contributed by atoms with Gasteiger partial charge < -0.3 is 19.4 Å². The average Bonchev–Trinajstić information content (AvgIpc) is 3.86. The molecule has 7 aromatic carbocycles. The van der Waals surface area contributed by atoms with Gasteiger partial charge in [0.1, 0.15) is 29.5 Å². The first-order valence-corrected chi connectivity index (χ1v) is 21.4. The molecule has 0 unspecified atom stereocenters. The summed E-state index contributed by atoms with van der Waals surface area (Å²) in [5, 5.41) is 3.15. The summed E-state index contributed by atoms with van der Waals surface area (Å²) in [6, 6.07) is 56.3. The predicted molar refractivity (Wildman–Crippen MR) is 255 cm³/mol. The Hall–Kier alpha value is -7.64. The van der Waals surface area contributed by atoms with E-state index in [4.69, 9.17) is 14.7 Å². The highest BCUT2D eigenvalue weighted by molar-refractivity contribution is 6.13. The molecule has 0 bridgehead atoms. The van der Waals surface area contributed by atoms with Crippen LogP contribution in [0.25, 0.3) is 38.5 Å². The lowest BCUT2D eigenvalue weighted by atomic mass is 9.72. The maximum Gasteiger partial charge on any atom is 0.147 e. The minimum Gasteiger partial charge on any atom is -0.457 e. The number of rotatable bonds is 5. The molecule has 0 N–H and O–H groups in total. The summed E-state index contributed by atoms with van der Waals surface area (Å²) in [5.74, 6) is 1.48. The van der Waals surface area contributed by atoms with Gasteiger partial charge in [0.15, 0.2) is 0 Å². The fraction of sp³-hybridized carbons (Fsp3) is 0.127. The van der Waals surface area contributed by atoms with E-state index in [2.05, 4.69) is 199 Å². The number of nitrogens with zero attached hydrogens (tertiary/aromatic N) is 6. The van der Waals surface area contributed by atoms with Crippen LogP contribution in [0.2, 0.25) is 0 Å². The van der Waals surface area contributed by atoms with Crippen LogP contribution in [0.15, 0.2) is 164 Å². The van der Waals surface area contributed by atoms with E-state index in [1.165, 1.54) is 39.2 Å². The molecule has 10 aromatic rings. The quantitative estimate of drug-likeness (QED) is 0.162. The van der Waals surface area contributed by atoms with Crippen LogP contribution >= 0.6 is 0 Å². The molecule has 3 aromatic heterocycles. The Kier molecular flexibility index (Phi) is 7.85. The summed E-state index contributed by atoms with van der Waals surface area (Å²) in [6.07, 6.45) is 1.85. The number of fused-ring (bicyclic) bond motifs is 11. The lowest BCUT2D eigenvalue weighted by Gasteiger charge is -2.44. The number of imidazole rings is 1. The van der Waals surface area contributed by atoms with Gasteiger partial charge in [0.25, 0.3) is 0 Å². The minimum absolute atomic E-state index is 0.366. The van der Waals surface area contributed by atoms with E-state index in [0.29, 0.717) is 6.67 Å². The van der Waals surface area contributed by atoms with Crippen LogP contribution in [-0.4, -0.2) is 21.0 Å². The number of para-hydroxylation sites is 6. The standard InChI is InChI=1S/C55H44N6O/c1-34-28-35(2)52(36(3)29-34)59-33-58(47-23-13-14-24-48(47)59)49-31-39(32-50-51(49)55(4,5)43-19-9-11-21-45(43)60(50)37-16-7-6-8-17-37)62-38-25-26-40-41-18-15-27-56-53(41)61-46-22-12-10-20-44(46)57-54(61)42(40)30-38/h6-32H,33H2,1-5H3. The van der Waals surface area contributed by atoms with Crippen LogP contribution < -0.4 is 19.4 Å². The second-order valence-electron chi connectivity index (χ2n) is 17.3. The third-order valence-electron chi connectivity index (χ3n) is 13.0. The van der Waals surface area contributed by atoms with Gasteiger partial charge in [0.2, 0.25) is 0 Å². The van der Waals surface area contributed by atoms with Gasteiger partial charge in [0.05, 0.1) is 39.5 Å². The fourth-order valence-electron chi connectivity index (χ4n) is 10.6. The second-order valence-corrected chi connectivity index (χ2v) is 17.3. The van der Waals surface area contributed by atoms with E-state index in [1.54, 1.807) is 0 Å². The van der Waals surface area contributed by atoms with Crippen molar-refractivity contribution < 1.29 is 4.74 Å². The van der Waals surface area contributed by atoms with Crippen molar-refractivity contribution in [3.8, 4) is 11.5 Å². The van der Waals surface area contributed by atoms with E-state index in [1.807, 2.05) is 18.3 Å². The molecule has 0 fully saturated rings. The SMILES string of the molecule is Cc1cc(C)c(N2CN(c3cc(Oc4ccc5c6cccnc6n6c7ccccc7nc6c5c4)cc4c3C(C)(C)c3ccccc3N4c3ccccc3)c3ccccc32)c(C)c1. The van der Waals surface area contributed by atoms with Crippen molar-refractivity contribution in [2.24, 2.45) is 0 Å². The van der Waals surface area contributed by atoms with Gasteiger partial charge in [-0.25, -0.2) is 9.97 Å². The van der Waals surface area contributed by atoms with Crippen molar-refractivity contribution in [3.05, 3.63) is 192 Å². The highest BCUT2D eigenvalue weighted by Crippen LogP contribution is 2.58. The normalized spacial score (nSPS) is 14.2. The lowest BCUT2D eigenvalue weighted by molar-refractivity contribution is 0.482. The van der Waals surface area contributed by atoms with Crippen LogP contribution in [-0.2, 0) is 5.41 Å². The molecule has 0 atom stereocenters. The van der Waals surface area contributed by atoms with Gasteiger partial charge in [-0.05, 0) is 116 Å². The van der Waals surface area contributed by atoms with Crippen LogP contribution in [0, 0.1) is 20.8 Å². The molecule has 0 amide bonds. The van der Waals surface area contributed by atoms with Crippen molar-refractivity contribution in [2.75, 3.05) is 21.4 Å². The molecular formula is C55H44N6O. The molecule has 7 heteroatoms. The van der Waals surface area contributed by atoms with Crippen molar-refractivity contribution in [2.45, 2.75) is 40.0 Å². The minimum atomic E-state index is -0.366. The predicted octanol–water partition coefficient (Wildman–Crippen LogP) is 14.3. The number of hydrogen-bond donors (Lipinski definition) is 0. The third-order valence-corrected chi connectivity index (χ3v) is 13.0. The molecule has 0 saturated carbocycles. The Labute approximate surface area is 360 Å². The second kappa shape index (κ2) is 13.4. The van der Waals surface area contributed by atoms with Crippen LogP contribution in [0.5, 0.6) is 11.5 Å². The molecular weight excluding hydrogens is 761 g/mol. The molecule has 0 radical (unpaired) electrons. The Balaban J connectivity index is 1.09. The average molecular weight is 805 g/mol. The number of ether oxygens (including phenoxy) is 1. The van der Waals surface area contributed by atoms with Crippen molar-refractivity contribution in [1.82, 2.24) is 14.4 Å². The Morgan fingerprint density at radius 1 is 0.548 bits per heavy atom. The Morgan fingerprint density at radius 3 is 2.05 bits per heavy atom. The van der Waals surface area contributed by atoms with E-state index in [-0.39, 0.29) is 5.41 Å². The first kappa shape index (κ1) is 36.2. The summed E-state index contributed by atoms with van der Waals surface area (Å²) in [6.45, 7) is 12.0. The zero-order valence-electron chi connectivity index (χ0n) is 35.4. The Morgan fingerprint density at radius 2 is 1.24 bits per heavy atom. The summed E-state index contributed by atoms with van der Waals surface area (Å²) in [5.41, 5.74) is 17.7. The van der Waals surface area contributed by atoms with Gasteiger partial charge in [0, 0.05) is 51.5 Å². The van der Waals surface area contributed by atoms with E-state index < -0.39 is 0 Å². The molecule has 2 aliphatic rings. The zero-order chi connectivity index (χ0) is 41.9. The molecule has 300 valence electrons.